The third-order valence-electron chi connectivity index (χ3n) is 4.58. The summed E-state index contributed by atoms with van der Waals surface area (Å²) in [6.07, 6.45) is 1.99. The molecule has 2 rings (SSSR count). The first-order valence-corrected chi connectivity index (χ1v) is 8.92. The van der Waals surface area contributed by atoms with Crippen molar-refractivity contribution in [3.05, 3.63) is 28.8 Å². The SMILES string of the molecule is CC(C)CCN1CCN(Cc2cc(Cl)ccc2O)C[C@H]1CCO. The maximum Gasteiger partial charge on any atom is 0.120 e. The normalized spacial score (nSPS) is 20.3. The van der Waals surface area contributed by atoms with Crippen molar-refractivity contribution >= 4 is 11.6 Å². The fourth-order valence-corrected chi connectivity index (χ4v) is 3.36. The Balaban J connectivity index is 1.96. The number of aromatic hydroxyl groups is 1. The molecule has 4 nitrogen and oxygen atoms in total. The lowest BCUT2D eigenvalue weighted by atomic mass is 10.0. The standard InChI is InChI=1S/C18H29ClN2O2/c1-14(2)5-7-21-9-8-20(13-17(21)6-10-22)12-15-11-16(19)3-4-18(15)23/h3-4,11,14,17,22-23H,5-10,12-13H2,1-2H3/t17-/m1/s1. The second kappa shape index (κ2) is 8.88. The minimum atomic E-state index is 0.221. The highest BCUT2D eigenvalue weighted by Crippen LogP contribution is 2.24. The highest BCUT2D eigenvalue weighted by molar-refractivity contribution is 6.30. The first kappa shape index (κ1) is 18.5. The van der Waals surface area contributed by atoms with E-state index in [9.17, 15) is 10.2 Å². The van der Waals surface area contributed by atoms with Crippen LogP contribution in [0.4, 0.5) is 0 Å². The molecule has 0 aromatic heterocycles. The van der Waals surface area contributed by atoms with Gasteiger partial charge in [0.15, 0.2) is 0 Å². The van der Waals surface area contributed by atoms with Crippen LogP contribution >= 0.6 is 11.6 Å². The van der Waals surface area contributed by atoms with Crippen molar-refractivity contribution in [3.63, 3.8) is 0 Å². The smallest absolute Gasteiger partial charge is 0.120 e. The van der Waals surface area contributed by atoms with E-state index in [2.05, 4.69) is 23.6 Å². The van der Waals surface area contributed by atoms with Gasteiger partial charge in [-0.15, -0.1) is 0 Å². The van der Waals surface area contributed by atoms with E-state index in [0.717, 1.165) is 38.2 Å². The van der Waals surface area contributed by atoms with Crippen LogP contribution in [0.25, 0.3) is 0 Å². The van der Waals surface area contributed by atoms with E-state index in [1.165, 1.54) is 6.42 Å². The zero-order valence-electron chi connectivity index (χ0n) is 14.2. The van der Waals surface area contributed by atoms with Crippen LogP contribution in [0.2, 0.25) is 5.02 Å². The Morgan fingerprint density at radius 1 is 1.30 bits per heavy atom. The predicted octanol–water partition coefficient (Wildman–Crippen LogP) is 2.96. The maximum atomic E-state index is 10.00. The minimum absolute atomic E-state index is 0.221. The molecule has 1 heterocycles. The lowest BCUT2D eigenvalue weighted by Crippen LogP contribution is -2.53. The molecule has 1 aliphatic rings. The molecule has 0 radical (unpaired) electrons. The molecule has 5 heteroatoms. The predicted molar refractivity (Wildman–Crippen MR) is 94.9 cm³/mol. The van der Waals surface area contributed by atoms with Gasteiger partial charge in [0.1, 0.15) is 5.75 Å². The van der Waals surface area contributed by atoms with Crippen LogP contribution < -0.4 is 0 Å². The summed E-state index contributed by atoms with van der Waals surface area (Å²) < 4.78 is 0. The number of benzene rings is 1. The molecule has 23 heavy (non-hydrogen) atoms. The second-order valence-corrected chi connectivity index (χ2v) is 7.33. The third kappa shape index (κ3) is 5.64. The Morgan fingerprint density at radius 3 is 2.78 bits per heavy atom. The highest BCUT2D eigenvalue weighted by Gasteiger charge is 2.26. The summed E-state index contributed by atoms with van der Waals surface area (Å²) in [5.41, 5.74) is 0.871. The maximum absolute atomic E-state index is 10.00. The van der Waals surface area contributed by atoms with E-state index in [4.69, 9.17) is 11.6 Å². The molecule has 0 bridgehead atoms. The largest absolute Gasteiger partial charge is 0.508 e. The number of piperazine rings is 1. The zero-order chi connectivity index (χ0) is 16.8. The lowest BCUT2D eigenvalue weighted by Gasteiger charge is -2.41. The van der Waals surface area contributed by atoms with Crippen LogP contribution in [0, 0.1) is 5.92 Å². The van der Waals surface area contributed by atoms with Crippen LogP contribution in [0.1, 0.15) is 32.3 Å². The van der Waals surface area contributed by atoms with Crippen molar-refractivity contribution in [1.29, 1.82) is 0 Å². The van der Waals surface area contributed by atoms with Crippen molar-refractivity contribution in [3.8, 4) is 5.75 Å². The Hall–Kier alpha value is -0.810. The molecule has 0 unspecified atom stereocenters. The number of aliphatic hydroxyl groups is 1. The summed E-state index contributed by atoms with van der Waals surface area (Å²) in [6.45, 7) is 9.43. The van der Waals surface area contributed by atoms with Gasteiger partial charge in [0.05, 0.1) is 0 Å². The molecular weight excluding hydrogens is 312 g/mol. The number of phenolic OH excluding ortho intramolecular Hbond substituents is 1. The van der Waals surface area contributed by atoms with Crippen molar-refractivity contribution < 1.29 is 10.2 Å². The molecule has 1 aromatic rings. The fraction of sp³-hybridized carbons (Fsp3) is 0.667. The topological polar surface area (TPSA) is 46.9 Å². The van der Waals surface area contributed by atoms with E-state index >= 15 is 0 Å². The van der Waals surface area contributed by atoms with Crippen LogP contribution in [0.3, 0.4) is 0 Å². The van der Waals surface area contributed by atoms with Crippen LogP contribution in [-0.4, -0.2) is 58.8 Å². The van der Waals surface area contributed by atoms with Crippen molar-refractivity contribution in [2.75, 3.05) is 32.8 Å². The number of aliphatic hydroxyl groups excluding tert-OH is 1. The number of rotatable bonds is 7. The van der Waals surface area contributed by atoms with Gasteiger partial charge >= 0.3 is 0 Å². The molecule has 0 spiro atoms. The number of phenols is 1. The van der Waals surface area contributed by atoms with Crippen molar-refractivity contribution in [2.45, 2.75) is 39.3 Å². The first-order chi connectivity index (χ1) is 11.0. The Kier molecular flexibility index (Phi) is 7.15. The Bertz CT molecular complexity index is 496. The van der Waals surface area contributed by atoms with Gasteiger partial charge in [-0.2, -0.15) is 0 Å². The molecule has 1 atom stereocenters. The van der Waals surface area contributed by atoms with Gasteiger partial charge < -0.3 is 10.2 Å². The Morgan fingerprint density at radius 2 is 2.09 bits per heavy atom. The Labute approximate surface area is 144 Å². The van der Waals surface area contributed by atoms with Gasteiger partial charge in [-0.3, -0.25) is 9.80 Å². The van der Waals surface area contributed by atoms with Crippen LogP contribution in [0.5, 0.6) is 5.75 Å². The molecule has 1 fully saturated rings. The average molecular weight is 341 g/mol. The van der Waals surface area contributed by atoms with Crippen molar-refractivity contribution in [1.82, 2.24) is 9.80 Å². The third-order valence-corrected chi connectivity index (χ3v) is 4.82. The van der Waals surface area contributed by atoms with Crippen LogP contribution in [-0.2, 0) is 6.54 Å². The molecule has 1 aromatic carbocycles. The number of hydrogen-bond donors (Lipinski definition) is 2. The molecular formula is C18H29ClN2O2. The molecule has 0 amide bonds. The van der Waals surface area contributed by atoms with E-state index in [1.807, 2.05) is 6.07 Å². The number of nitrogens with zero attached hydrogens (tertiary/aromatic N) is 2. The van der Waals surface area contributed by atoms with Gasteiger partial charge in [0, 0.05) is 49.4 Å². The van der Waals surface area contributed by atoms with Crippen molar-refractivity contribution in [2.24, 2.45) is 5.92 Å². The summed E-state index contributed by atoms with van der Waals surface area (Å²) >= 11 is 6.04. The fourth-order valence-electron chi connectivity index (χ4n) is 3.16. The summed E-state index contributed by atoms with van der Waals surface area (Å²) in [4.78, 5) is 4.85. The monoisotopic (exact) mass is 340 g/mol. The molecule has 0 saturated carbocycles. The van der Waals surface area contributed by atoms with E-state index in [-0.39, 0.29) is 6.61 Å². The van der Waals surface area contributed by atoms with Gasteiger partial charge in [-0.1, -0.05) is 25.4 Å². The number of hydrogen-bond acceptors (Lipinski definition) is 4. The minimum Gasteiger partial charge on any atom is -0.508 e. The van der Waals surface area contributed by atoms with Gasteiger partial charge in [-0.05, 0) is 43.5 Å². The molecule has 2 N–H and O–H groups in total. The molecule has 0 aliphatic carbocycles. The molecule has 130 valence electrons. The van der Waals surface area contributed by atoms with Gasteiger partial charge in [-0.25, -0.2) is 0 Å². The highest BCUT2D eigenvalue weighted by atomic mass is 35.5. The summed E-state index contributed by atoms with van der Waals surface area (Å²) in [5, 5.41) is 20.0. The lowest BCUT2D eigenvalue weighted by molar-refractivity contribution is 0.0520. The van der Waals surface area contributed by atoms with Gasteiger partial charge in [0.25, 0.3) is 0 Å². The quantitative estimate of drug-likeness (QED) is 0.801. The van der Waals surface area contributed by atoms with E-state index in [1.54, 1.807) is 12.1 Å². The molecule has 1 saturated heterocycles. The summed E-state index contributed by atoms with van der Waals surface area (Å²) in [7, 11) is 0. The van der Waals surface area contributed by atoms with Crippen LogP contribution in [0.15, 0.2) is 18.2 Å². The number of halogens is 1. The summed E-state index contributed by atoms with van der Waals surface area (Å²) in [5.74, 6) is 1.00. The second-order valence-electron chi connectivity index (χ2n) is 6.89. The molecule has 1 aliphatic heterocycles. The van der Waals surface area contributed by atoms with E-state index in [0.29, 0.717) is 29.3 Å². The van der Waals surface area contributed by atoms with Gasteiger partial charge in [0.2, 0.25) is 0 Å². The summed E-state index contributed by atoms with van der Waals surface area (Å²) in [6, 6.07) is 5.58. The average Bonchev–Trinajstić information content (AvgIpc) is 2.50. The zero-order valence-corrected chi connectivity index (χ0v) is 15.0. The van der Waals surface area contributed by atoms with E-state index < -0.39 is 0 Å². The first-order valence-electron chi connectivity index (χ1n) is 8.54.